The van der Waals surface area contributed by atoms with Crippen molar-refractivity contribution in [3.05, 3.63) is 38.5 Å². The van der Waals surface area contributed by atoms with E-state index in [1.165, 1.54) is 21.9 Å². The first-order valence-electron chi connectivity index (χ1n) is 5.97. The van der Waals surface area contributed by atoms with Gasteiger partial charge in [-0.05, 0) is 31.3 Å². The molecule has 2 nitrogen and oxygen atoms in total. The van der Waals surface area contributed by atoms with Crippen LogP contribution in [0.3, 0.4) is 0 Å². The molecule has 0 saturated carbocycles. The van der Waals surface area contributed by atoms with Gasteiger partial charge in [0.15, 0.2) is 0 Å². The highest BCUT2D eigenvalue weighted by molar-refractivity contribution is 7.10. The second kappa shape index (κ2) is 6.28. The average Bonchev–Trinajstić information content (AvgIpc) is 2.95. The molecule has 2 aromatic heterocycles. The average molecular weight is 266 g/mol. The van der Waals surface area contributed by atoms with Crippen molar-refractivity contribution in [3.8, 4) is 0 Å². The summed E-state index contributed by atoms with van der Waals surface area (Å²) in [5, 5.41) is 5.77. The van der Waals surface area contributed by atoms with Crippen molar-refractivity contribution in [1.29, 1.82) is 0 Å². The minimum absolute atomic E-state index is 0.418. The van der Waals surface area contributed by atoms with Crippen molar-refractivity contribution in [2.75, 3.05) is 6.54 Å². The highest BCUT2D eigenvalue weighted by atomic mass is 32.1. The zero-order chi connectivity index (χ0) is 12.1. The van der Waals surface area contributed by atoms with Crippen molar-refractivity contribution in [3.63, 3.8) is 0 Å². The van der Waals surface area contributed by atoms with Crippen LogP contribution in [0.15, 0.2) is 23.0 Å². The molecular weight excluding hydrogens is 248 g/mol. The summed E-state index contributed by atoms with van der Waals surface area (Å²) in [7, 11) is 0. The lowest BCUT2D eigenvalue weighted by Gasteiger charge is -2.17. The van der Waals surface area contributed by atoms with E-state index in [4.69, 9.17) is 0 Å². The predicted octanol–water partition coefficient (Wildman–Crippen LogP) is 3.80. The molecule has 0 aliphatic rings. The Morgan fingerprint density at radius 1 is 1.41 bits per heavy atom. The number of rotatable bonds is 6. The van der Waals surface area contributed by atoms with Gasteiger partial charge in [-0.1, -0.05) is 13.0 Å². The van der Waals surface area contributed by atoms with Gasteiger partial charge in [0, 0.05) is 22.2 Å². The second-order valence-corrected chi connectivity index (χ2v) is 6.01. The Bertz CT molecular complexity index is 434. The van der Waals surface area contributed by atoms with Gasteiger partial charge in [0.1, 0.15) is 0 Å². The standard InChI is InChI=1S/C13H18N2S2/c1-3-6-14-12(8-11-5-4-7-16-11)13-10(2)15-9-17-13/h4-5,7,9,12,14H,3,6,8H2,1-2H3. The molecule has 0 aromatic carbocycles. The van der Waals surface area contributed by atoms with Gasteiger partial charge < -0.3 is 5.32 Å². The van der Waals surface area contributed by atoms with E-state index in [9.17, 15) is 0 Å². The van der Waals surface area contributed by atoms with Crippen LogP contribution in [0.2, 0.25) is 0 Å². The van der Waals surface area contributed by atoms with Gasteiger partial charge in [0.2, 0.25) is 0 Å². The molecule has 2 rings (SSSR count). The number of hydrogen-bond acceptors (Lipinski definition) is 4. The van der Waals surface area contributed by atoms with Gasteiger partial charge in [-0.3, -0.25) is 0 Å². The lowest BCUT2D eigenvalue weighted by molar-refractivity contribution is 0.537. The summed E-state index contributed by atoms with van der Waals surface area (Å²) in [5.74, 6) is 0. The molecule has 0 aliphatic heterocycles. The number of hydrogen-bond donors (Lipinski definition) is 1. The third-order valence-electron chi connectivity index (χ3n) is 2.73. The molecule has 1 N–H and O–H groups in total. The lowest BCUT2D eigenvalue weighted by Crippen LogP contribution is -2.23. The van der Waals surface area contributed by atoms with Crippen molar-refractivity contribution in [2.45, 2.75) is 32.7 Å². The maximum atomic E-state index is 4.36. The summed E-state index contributed by atoms with van der Waals surface area (Å²) in [4.78, 5) is 7.17. The number of nitrogens with zero attached hydrogens (tertiary/aromatic N) is 1. The molecule has 0 amide bonds. The normalized spacial score (nSPS) is 12.8. The van der Waals surface area contributed by atoms with Gasteiger partial charge in [0.05, 0.1) is 11.2 Å². The van der Waals surface area contributed by atoms with Gasteiger partial charge in [-0.25, -0.2) is 4.98 Å². The third-order valence-corrected chi connectivity index (χ3v) is 4.67. The van der Waals surface area contributed by atoms with Crippen LogP contribution < -0.4 is 5.32 Å². The topological polar surface area (TPSA) is 24.9 Å². The molecule has 17 heavy (non-hydrogen) atoms. The first-order chi connectivity index (χ1) is 8.31. The van der Waals surface area contributed by atoms with Crippen LogP contribution in [0.1, 0.15) is 34.8 Å². The monoisotopic (exact) mass is 266 g/mol. The molecule has 1 atom stereocenters. The molecule has 2 heterocycles. The summed E-state index contributed by atoms with van der Waals surface area (Å²) in [5.41, 5.74) is 3.11. The van der Waals surface area contributed by atoms with Crippen molar-refractivity contribution in [2.24, 2.45) is 0 Å². The maximum absolute atomic E-state index is 4.36. The van der Waals surface area contributed by atoms with E-state index < -0.39 is 0 Å². The summed E-state index contributed by atoms with van der Waals surface area (Å²) < 4.78 is 0. The fourth-order valence-electron chi connectivity index (χ4n) is 1.85. The van der Waals surface area contributed by atoms with Gasteiger partial charge >= 0.3 is 0 Å². The van der Waals surface area contributed by atoms with Gasteiger partial charge in [0.25, 0.3) is 0 Å². The Morgan fingerprint density at radius 2 is 2.29 bits per heavy atom. The SMILES string of the molecule is CCCNC(Cc1cccs1)c1scnc1C. The molecule has 1 unspecified atom stereocenters. The molecule has 4 heteroatoms. The molecular formula is C13H18N2S2. The van der Waals surface area contributed by atoms with Gasteiger partial charge in [-0.15, -0.1) is 22.7 Å². The molecule has 92 valence electrons. The van der Waals surface area contributed by atoms with E-state index in [1.54, 1.807) is 11.3 Å². The number of aryl methyl sites for hydroxylation is 1. The largest absolute Gasteiger partial charge is 0.309 e. The fraction of sp³-hybridized carbons (Fsp3) is 0.462. The van der Waals surface area contributed by atoms with Crippen molar-refractivity contribution >= 4 is 22.7 Å². The molecule has 0 radical (unpaired) electrons. The van der Waals surface area contributed by atoms with Crippen LogP contribution in [0.4, 0.5) is 0 Å². The third kappa shape index (κ3) is 3.37. The quantitative estimate of drug-likeness (QED) is 0.860. The Morgan fingerprint density at radius 3 is 2.88 bits per heavy atom. The Balaban J connectivity index is 2.11. The second-order valence-electron chi connectivity index (χ2n) is 4.09. The van der Waals surface area contributed by atoms with Crippen LogP contribution in [-0.2, 0) is 6.42 Å². The highest BCUT2D eigenvalue weighted by Gasteiger charge is 2.16. The first kappa shape index (κ1) is 12.7. The molecule has 0 saturated heterocycles. The van der Waals surface area contributed by atoms with E-state index >= 15 is 0 Å². The van der Waals surface area contributed by atoms with Crippen LogP contribution in [0, 0.1) is 6.92 Å². The number of thiazole rings is 1. The number of aromatic nitrogens is 1. The minimum Gasteiger partial charge on any atom is -0.309 e. The fourth-order valence-corrected chi connectivity index (χ4v) is 3.48. The summed E-state index contributed by atoms with van der Waals surface area (Å²) >= 11 is 3.59. The van der Waals surface area contributed by atoms with E-state index in [1.807, 2.05) is 16.8 Å². The molecule has 0 spiro atoms. The Labute approximate surface area is 111 Å². The predicted molar refractivity (Wildman–Crippen MR) is 75.9 cm³/mol. The van der Waals surface area contributed by atoms with Crippen LogP contribution in [0.5, 0.6) is 0 Å². The molecule has 0 fully saturated rings. The first-order valence-corrected chi connectivity index (χ1v) is 7.73. The van der Waals surface area contributed by atoms with Crippen molar-refractivity contribution in [1.82, 2.24) is 10.3 Å². The summed E-state index contributed by atoms with van der Waals surface area (Å²) in [6.07, 6.45) is 2.24. The number of thiophene rings is 1. The zero-order valence-corrected chi connectivity index (χ0v) is 11.9. The van der Waals surface area contributed by atoms with Crippen molar-refractivity contribution < 1.29 is 0 Å². The van der Waals surface area contributed by atoms with E-state index in [2.05, 4.69) is 41.7 Å². The Kier molecular flexibility index (Phi) is 4.71. The van der Waals surface area contributed by atoms with Crippen LogP contribution in [0.25, 0.3) is 0 Å². The van der Waals surface area contributed by atoms with Crippen LogP contribution >= 0.6 is 22.7 Å². The zero-order valence-electron chi connectivity index (χ0n) is 10.3. The van der Waals surface area contributed by atoms with E-state index in [0.717, 1.165) is 13.0 Å². The minimum atomic E-state index is 0.418. The van der Waals surface area contributed by atoms with E-state index in [-0.39, 0.29) is 0 Å². The number of nitrogens with one attached hydrogen (secondary N) is 1. The molecule has 0 aliphatic carbocycles. The lowest BCUT2D eigenvalue weighted by atomic mass is 10.1. The van der Waals surface area contributed by atoms with Crippen LogP contribution in [-0.4, -0.2) is 11.5 Å². The maximum Gasteiger partial charge on any atom is 0.0798 e. The molecule has 0 bridgehead atoms. The highest BCUT2D eigenvalue weighted by Crippen LogP contribution is 2.26. The van der Waals surface area contributed by atoms with E-state index in [0.29, 0.717) is 6.04 Å². The smallest absolute Gasteiger partial charge is 0.0798 e. The Hall–Kier alpha value is -0.710. The van der Waals surface area contributed by atoms with Gasteiger partial charge in [-0.2, -0.15) is 0 Å². The summed E-state index contributed by atoms with van der Waals surface area (Å²) in [6, 6.07) is 4.75. The molecule has 2 aromatic rings. The summed E-state index contributed by atoms with van der Waals surface area (Å²) in [6.45, 7) is 5.36.